The van der Waals surface area contributed by atoms with E-state index in [0.717, 1.165) is 0 Å². The van der Waals surface area contributed by atoms with Crippen LogP contribution in [0.1, 0.15) is 6.42 Å². The van der Waals surface area contributed by atoms with Gasteiger partial charge in [0.1, 0.15) is 0 Å². The average molecular weight is 321 g/mol. The Labute approximate surface area is 108 Å². The summed E-state index contributed by atoms with van der Waals surface area (Å²) in [5, 5.41) is 9.39. The Bertz CT molecular complexity index is 532. The topological polar surface area (TPSA) is 83.6 Å². The third-order valence-electron chi connectivity index (χ3n) is 2.70. The summed E-state index contributed by atoms with van der Waals surface area (Å²) in [7, 11) is -3.55. The van der Waals surface area contributed by atoms with Gasteiger partial charge < -0.3 is 10.8 Å². The quantitative estimate of drug-likeness (QED) is 0.789. The molecule has 5 nitrogen and oxygen atoms in total. The first-order valence-electron chi connectivity index (χ1n) is 5.14. The van der Waals surface area contributed by atoms with Crippen molar-refractivity contribution >= 4 is 31.6 Å². The van der Waals surface area contributed by atoms with Crippen molar-refractivity contribution < 1.29 is 13.5 Å². The van der Waals surface area contributed by atoms with Gasteiger partial charge in [0.15, 0.2) is 0 Å². The zero-order chi connectivity index (χ0) is 12.6. The first kappa shape index (κ1) is 12.8. The van der Waals surface area contributed by atoms with E-state index >= 15 is 0 Å². The van der Waals surface area contributed by atoms with Gasteiger partial charge in [-0.05, 0) is 40.5 Å². The largest absolute Gasteiger partial charge is 0.399 e. The van der Waals surface area contributed by atoms with Gasteiger partial charge in [-0.3, -0.25) is 0 Å². The third kappa shape index (κ3) is 2.47. The smallest absolute Gasteiger partial charge is 0.244 e. The van der Waals surface area contributed by atoms with E-state index in [0.29, 0.717) is 23.1 Å². The van der Waals surface area contributed by atoms with Crippen molar-refractivity contribution in [1.29, 1.82) is 0 Å². The molecule has 0 radical (unpaired) electrons. The fraction of sp³-hybridized carbons (Fsp3) is 0.400. The standard InChI is InChI=1S/C10H13BrN2O3S/c11-9-5-7(12)1-2-10(9)17(15,16)13-4-3-8(14)6-13/h1-2,5,8,14H,3-4,6,12H2. The summed E-state index contributed by atoms with van der Waals surface area (Å²) in [5.74, 6) is 0. The molecule has 94 valence electrons. The second kappa shape index (κ2) is 4.56. The minimum absolute atomic E-state index is 0.152. The van der Waals surface area contributed by atoms with Crippen LogP contribution in [0, 0.1) is 0 Å². The van der Waals surface area contributed by atoms with Crippen LogP contribution in [0.5, 0.6) is 0 Å². The number of hydrogen-bond acceptors (Lipinski definition) is 4. The second-order valence-electron chi connectivity index (χ2n) is 4.00. The van der Waals surface area contributed by atoms with E-state index in [1.165, 1.54) is 10.4 Å². The van der Waals surface area contributed by atoms with Gasteiger partial charge in [0.25, 0.3) is 0 Å². The Balaban J connectivity index is 2.38. The Hall–Kier alpha value is -0.630. The molecule has 1 aromatic rings. The number of anilines is 1. The lowest BCUT2D eigenvalue weighted by Crippen LogP contribution is -2.30. The van der Waals surface area contributed by atoms with Crippen LogP contribution in [0.4, 0.5) is 5.69 Å². The molecule has 17 heavy (non-hydrogen) atoms. The molecule has 0 amide bonds. The highest BCUT2D eigenvalue weighted by atomic mass is 79.9. The van der Waals surface area contributed by atoms with Crippen LogP contribution in [0.15, 0.2) is 27.6 Å². The normalized spacial score (nSPS) is 21.9. The monoisotopic (exact) mass is 320 g/mol. The van der Waals surface area contributed by atoms with Crippen molar-refractivity contribution in [3.8, 4) is 0 Å². The van der Waals surface area contributed by atoms with Crippen LogP contribution in [0.2, 0.25) is 0 Å². The molecule has 3 N–H and O–H groups in total. The van der Waals surface area contributed by atoms with Crippen molar-refractivity contribution in [3.63, 3.8) is 0 Å². The number of aliphatic hydroxyl groups excluding tert-OH is 1. The molecule has 0 aromatic heterocycles. The number of benzene rings is 1. The predicted octanol–water partition coefficient (Wildman–Crippen LogP) is 0.787. The van der Waals surface area contributed by atoms with E-state index < -0.39 is 16.1 Å². The predicted molar refractivity (Wildman–Crippen MR) is 67.9 cm³/mol. The van der Waals surface area contributed by atoms with Gasteiger partial charge in [-0.2, -0.15) is 4.31 Å². The van der Waals surface area contributed by atoms with Crippen molar-refractivity contribution in [2.75, 3.05) is 18.8 Å². The zero-order valence-electron chi connectivity index (χ0n) is 9.01. The maximum atomic E-state index is 12.3. The first-order valence-corrected chi connectivity index (χ1v) is 7.38. The van der Waals surface area contributed by atoms with E-state index in [2.05, 4.69) is 15.9 Å². The van der Waals surface area contributed by atoms with Crippen molar-refractivity contribution in [2.24, 2.45) is 0 Å². The summed E-state index contributed by atoms with van der Waals surface area (Å²) in [6, 6.07) is 4.57. The van der Waals surface area contributed by atoms with Gasteiger partial charge in [-0.15, -0.1) is 0 Å². The SMILES string of the molecule is Nc1ccc(S(=O)(=O)N2CCC(O)C2)c(Br)c1. The van der Waals surface area contributed by atoms with Gasteiger partial charge in [0.2, 0.25) is 10.0 Å². The van der Waals surface area contributed by atoms with Crippen molar-refractivity contribution in [2.45, 2.75) is 17.4 Å². The minimum atomic E-state index is -3.55. The molecule has 0 aliphatic carbocycles. The number of nitrogen functional groups attached to an aromatic ring is 1. The van der Waals surface area contributed by atoms with E-state index in [1.54, 1.807) is 12.1 Å². The van der Waals surface area contributed by atoms with Gasteiger partial charge >= 0.3 is 0 Å². The van der Waals surface area contributed by atoms with Gasteiger partial charge in [-0.1, -0.05) is 0 Å². The zero-order valence-corrected chi connectivity index (χ0v) is 11.4. The number of nitrogens with two attached hydrogens (primary N) is 1. The maximum absolute atomic E-state index is 12.3. The lowest BCUT2D eigenvalue weighted by atomic mass is 10.3. The fourth-order valence-electron chi connectivity index (χ4n) is 1.79. The summed E-state index contributed by atoms with van der Waals surface area (Å²) in [5.41, 5.74) is 6.07. The molecule has 1 heterocycles. The maximum Gasteiger partial charge on any atom is 0.244 e. The molecular formula is C10H13BrN2O3S. The average Bonchev–Trinajstić information content (AvgIpc) is 2.64. The van der Waals surface area contributed by atoms with Gasteiger partial charge in [0, 0.05) is 23.2 Å². The van der Waals surface area contributed by atoms with Crippen LogP contribution < -0.4 is 5.73 Å². The van der Waals surface area contributed by atoms with Gasteiger partial charge in [0.05, 0.1) is 11.0 Å². The van der Waals surface area contributed by atoms with E-state index in [9.17, 15) is 13.5 Å². The highest BCUT2D eigenvalue weighted by Crippen LogP contribution is 2.28. The molecule has 1 aliphatic heterocycles. The lowest BCUT2D eigenvalue weighted by Gasteiger charge is -2.16. The summed E-state index contributed by atoms with van der Waals surface area (Å²) in [6.07, 6.45) is -0.0939. The Morgan fingerprint density at radius 2 is 2.18 bits per heavy atom. The minimum Gasteiger partial charge on any atom is -0.399 e. The van der Waals surface area contributed by atoms with Crippen LogP contribution >= 0.6 is 15.9 Å². The molecule has 1 fully saturated rings. The molecule has 1 aromatic carbocycles. The summed E-state index contributed by atoms with van der Waals surface area (Å²) in [6.45, 7) is 0.499. The Morgan fingerprint density at radius 3 is 2.71 bits per heavy atom. The van der Waals surface area contributed by atoms with E-state index in [1.807, 2.05) is 0 Å². The first-order chi connectivity index (χ1) is 7.91. The van der Waals surface area contributed by atoms with Crippen LogP contribution in [0.3, 0.4) is 0 Å². The molecule has 2 rings (SSSR count). The number of sulfonamides is 1. The van der Waals surface area contributed by atoms with E-state index in [4.69, 9.17) is 5.73 Å². The molecule has 0 bridgehead atoms. The Morgan fingerprint density at radius 1 is 1.47 bits per heavy atom. The van der Waals surface area contributed by atoms with Gasteiger partial charge in [-0.25, -0.2) is 8.42 Å². The number of rotatable bonds is 2. The fourth-order valence-corrected chi connectivity index (χ4v) is 4.34. The molecule has 1 aliphatic rings. The third-order valence-corrected chi connectivity index (χ3v) is 5.54. The number of hydrogen-bond donors (Lipinski definition) is 2. The number of halogens is 1. The number of aliphatic hydroxyl groups is 1. The lowest BCUT2D eigenvalue weighted by molar-refractivity contribution is 0.189. The molecule has 0 spiro atoms. The number of β-amino-alcohol motifs (C(OH)–C–C–N with tert-alkyl or cyclic N) is 1. The van der Waals surface area contributed by atoms with E-state index in [-0.39, 0.29) is 11.4 Å². The Kier molecular flexibility index (Phi) is 3.44. The van der Waals surface area contributed by atoms with Crippen LogP contribution in [-0.2, 0) is 10.0 Å². The molecule has 7 heteroatoms. The summed E-state index contributed by atoms with van der Waals surface area (Å²) >= 11 is 3.20. The highest BCUT2D eigenvalue weighted by molar-refractivity contribution is 9.10. The van der Waals surface area contributed by atoms with Crippen LogP contribution in [-0.4, -0.2) is 37.0 Å². The van der Waals surface area contributed by atoms with Crippen molar-refractivity contribution in [1.82, 2.24) is 4.31 Å². The molecule has 1 atom stereocenters. The molecule has 1 saturated heterocycles. The molecule has 1 unspecified atom stereocenters. The summed E-state index contributed by atoms with van der Waals surface area (Å²) < 4.78 is 26.2. The molecular weight excluding hydrogens is 308 g/mol. The van der Waals surface area contributed by atoms with Crippen LogP contribution in [0.25, 0.3) is 0 Å². The molecule has 0 saturated carbocycles. The summed E-state index contributed by atoms with van der Waals surface area (Å²) in [4.78, 5) is 0.181. The highest BCUT2D eigenvalue weighted by Gasteiger charge is 2.32. The van der Waals surface area contributed by atoms with Crippen molar-refractivity contribution in [3.05, 3.63) is 22.7 Å². The number of nitrogens with zero attached hydrogens (tertiary/aromatic N) is 1. The second-order valence-corrected chi connectivity index (χ2v) is 6.76.